The van der Waals surface area contributed by atoms with Gasteiger partial charge in [-0.25, -0.2) is 0 Å². The standard InChI is InChI=1S/C18H15NO2/c1-2-21-17-10-8-16(9-11-17)18(20)12-7-14-3-5-15(13-19)6-4-14/h3-12H,2H2,1H3/b12-7+. The predicted molar refractivity (Wildman–Crippen MR) is 82.1 cm³/mol. The molecule has 104 valence electrons. The molecule has 0 fully saturated rings. The number of allylic oxidation sites excluding steroid dienone is 1. The summed E-state index contributed by atoms with van der Waals surface area (Å²) < 4.78 is 5.34. The average molecular weight is 277 g/mol. The molecule has 0 N–H and O–H groups in total. The summed E-state index contributed by atoms with van der Waals surface area (Å²) in [5.41, 5.74) is 2.10. The van der Waals surface area contributed by atoms with Gasteiger partial charge in [-0.15, -0.1) is 0 Å². The lowest BCUT2D eigenvalue weighted by Gasteiger charge is -2.02. The Kier molecular flexibility index (Phi) is 4.89. The minimum Gasteiger partial charge on any atom is -0.494 e. The quantitative estimate of drug-likeness (QED) is 0.616. The van der Waals surface area contributed by atoms with Crippen LogP contribution in [-0.2, 0) is 0 Å². The van der Waals surface area contributed by atoms with Crippen molar-refractivity contribution in [2.45, 2.75) is 6.92 Å². The van der Waals surface area contributed by atoms with Gasteiger partial charge in [-0.05, 0) is 55.0 Å². The van der Waals surface area contributed by atoms with Crippen molar-refractivity contribution in [3.63, 3.8) is 0 Å². The van der Waals surface area contributed by atoms with Crippen LogP contribution < -0.4 is 4.74 Å². The number of rotatable bonds is 5. The van der Waals surface area contributed by atoms with Gasteiger partial charge in [-0.3, -0.25) is 4.79 Å². The number of nitriles is 1. The normalized spacial score (nSPS) is 10.3. The molecule has 2 rings (SSSR count). The van der Waals surface area contributed by atoms with Gasteiger partial charge < -0.3 is 4.74 Å². The molecule has 0 aromatic heterocycles. The third-order valence-corrected chi connectivity index (χ3v) is 2.92. The Bertz CT molecular complexity index is 677. The summed E-state index contributed by atoms with van der Waals surface area (Å²) in [6.45, 7) is 2.52. The van der Waals surface area contributed by atoms with Gasteiger partial charge >= 0.3 is 0 Å². The second-order valence-electron chi connectivity index (χ2n) is 4.39. The molecular weight excluding hydrogens is 262 g/mol. The molecule has 3 heteroatoms. The number of nitrogens with zero attached hydrogens (tertiary/aromatic N) is 1. The van der Waals surface area contributed by atoms with Crippen LogP contribution in [0.15, 0.2) is 54.6 Å². The zero-order valence-electron chi connectivity index (χ0n) is 11.7. The molecular formula is C18H15NO2. The van der Waals surface area contributed by atoms with Crippen molar-refractivity contribution in [2.24, 2.45) is 0 Å². The molecule has 0 amide bonds. The highest BCUT2D eigenvalue weighted by atomic mass is 16.5. The van der Waals surface area contributed by atoms with Gasteiger partial charge in [0.1, 0.15) is 5.75 Å². The van der Waals surface area contributed by atoms with E-state index >= 15 is 0 Å². The molecule has 0 aliphatic rings. The fourth-order valence-corrected chi connectivity index (χ4v) is 1.82. The van der Waals surface area contributed by atoms with Crippen LogP contribution in [0.4, 0.5) is 0 Å². The zero-order valence-corrected chi connectivity index (χ0v) is 11.7. The molecule has 3 nitrogen and oxygen atoms in total. The van der Waals surface area contributed by atoms with Gasteiger partial charge in [-0.2, -0.15) is 5.26 Å². The molecule has 0 aliphatic heterocycles. The fraction of sp³-hybridized carbons (Fsp3) is 0.111. The highest BCUT2D eigenvalue weighted by Crippen LogP contribution is 2.13. The molecule has 0 aliphatic carbocycles. The van der Waals surface area contributed by atoms with Crippen LogP contribution in [0.3, 0.4) is 0 Å². The third kappa shape index (κ3) is 4.05. The predicted octanol–water partition coefficient (Wildman–Crippen LogP) is 3.85. The summed E-state index contributed by atoms with van der Waals surface area (Å²) in [6.07, 6.45) is 3.26. The molecule has 2 aromatic carbocycles. The zero-order chi connectivity index (χ0) is 15.1. The van der Waals surface area contributed by atoms with Crippen LogP contribution in [0, 0.1) is 11.3 Å². The van der Waals surface area contributed by atoms with Crippen molar-refractivity contribution in [2.75, 3.05) is 6.61 Å². The number of hydrogen-bond donors (Lipinski definition) is 0. The Morgan fingerprint density at radius 1 is 1.14 bits per heavy atom. The maximum absolute atomic E-state index is 12.0. The number of carbonyl (C=O) groups is 1. The van der Waals surface area contributed by atoms with E-state index in [1.165, 1.54) is 6.08 Å². The minimum absolute atomic E-state index is 0.0672. The Hall–Kier alpha value is -2.86. The first-order valence-electron chi connectivity index (χ1n) is 6.68. The van der Waals surface area contributed by atoms with Gasteiger partial charge in [0.15, 0.2) is 5.78 Å². The maximum Gasteiger partial charge on any atom is 0.185 e. The van der Waals surface area contributed by atoms with Gasteiger partial charge in [0, 0.05) is 5.56 Å². The van der Waals surface area contributed by atoms with E-state index in [1.54, 1.807) is 54.6 Å². The van der Waals surface area contributed by atoms with Gasteiger partial charge in [-0.1, -0.05) is 18.2 Å². The van der Waals surface area contributed by atoms with E-state index in [9.17, 15) is 4.79 Å². The highest BCUT2D eigenvalue weighted by molar-refractivity contribution is 6.06. The van der Waals surface area contributed by atoms with Crippen LogP contribution in [0.5, 0.6) is 5.75 Å². The lowest BCUT2D eigenvalue weighted by molar-refractivity contribution is 0.104. The van der Waals surface area contributed by atoms with Crippen LogP contribution in [0.2, 0.25) is 0 Å². The summed E-state index contributed by atoms with van der Waals surface area (Å²) in [7, 11) is 0. The number of carbonyl (C=O) groups excluding carboxylic acids is 1. The molecule has 21 heavy (non-hydrogen) atoms. The third-order valence-electron chi connectivity index (χ3n) is 2.92. The smallest absolute Gasteiger partial charge is 0.185 e. The van der Waals surface area contributed by atoms with E-state index in [2.05, 4.69) is 6.07 Å². The molecule has 0 heterocycles. The van der Waals surface area contributed by atoms with Crippen LogP contribution in [0.25, 0.3) is 6.08 Å². The molecule has 0 bridgehead atoms. The molecule has 0 saturated heterocycles. The molecule has 0 unspecified atom stereocenters. The van der Waals surface area contributed by atoms with E-state index in [4.69, 9.17) is 10.00 Å². The Balaban J connectivity index is 2.06. The number of ketones is 1. The number of benzene rings is 2. The van der Waals surface area contributed by atoms with Gasteiger partial charge in [0.05, 0.1) is 18.2 Å². The van der Waals surface area contributed by atoms with Crippen molar-refractivity contribution < 1.29 is 9.53 Å². The summed E-state index contributed by atoms with van der Waals surface area (Å²) in [4.78, 5) is 12.0. The maximum atomic E-state index is 12.0. The van der Waals surface area contributed by atoms with Gasteiger partial charge in [0.2, 0.25) is 0 Å². The van der Waals surface area contributed by atoms with Crippen molar-refractivity contribution in [3.05, 3.63) is 71.3 Å². The van der Waals surface area contributed by atoms with Crippen molar-refractivity contribution >= 4 is 11.9 Å². The van der Waals surface area contributed by atoms with E-state index in [0.717, 1.165) is 11.3 Å². The minimum atomic E-state index is -0.0672. The first-order valence-corrected chi connectivity index (χ1v) is 6.68. The topological polar surface area (TPSA) is 50.1 Å². The summed E-state index contributed by atoms with van der Waals surface area (Å²) in [5, 5.41) is 8.72. The van der Waals surface area contributed by atoms with Gasteiger partial charge in [0.25, 0.3) is 0 Å². The molecule has 0 saturated carbocycles. The number of ether oxygens (including phenoxy) is 1. The highest BCUT2D eigenvalue weighted by Gasteiger charge is 2.02. The van der Waals surface area contributed by atoms with Crippen molar-refractivity contribution in [1.82, 2.24) is 0 Å². The molecule has 2 aromatic rings. The lowest BCUT2D eigenvalue weighted by Crippen LogP contribution is -1.95. The van der Waals surface area contributed by atoms with Crippen LogP contribution in [-0.4, -0.2) is 12.4 Å². The Morgan fingerprint density at radius 2 is 1.81 bits per heavy atom. The molecule has 0 atom stereocenters. The van der Waals surface area contributed by atoms with Crippen molar-refractivity contribution in [1.29, 1.82) is 5.26 Å². The number of hydrogen-bond acceptors (Lipinski definition) is 3. The summed E-state index contributed by atoms with van der Waals surface area (Å²) in [6, 6.07) is 16.2. The lowest BCUT2D eigenvalue weighted by atomic mass is 10.1. The second-order valence-corrected chi connectivity index (χ2v) is 4.39. The first kappa shape index (κ1) is 14.5. The summed E-state index contributed by atoms with van der Waals surface area (Å²) in [5.74, 6) is 0.688. The van der Waals surface area contributed by atoms with Crippen LogP contribution in [0.1, 0.15) is 28.4 Å². The van der Waals surface area contributed by atoms with Crippen molar-refractivity contribution in [3.8, 4) is 11.8 Å². The fourth-order valence-electron chi connectivity index (χ4n) is 1.82. The Labute approximate surface area is 124 Å². The van der Waals surface area contributed by atoms with E-state index < -0.39 is 0 Å². The molecule has 0 radical (unpaired) electrons. The van der Waals surface area contributed by atoms with E-state index in [1.807, 2.05) is 6.92 Å². The average Bonchev–Trinajstić information content (AvgIpc) is 2.54. The SMILES string of the molecule is CCOc1ccc(C(=O)/C=C/c2ccc(C#N)cc2)cc1. The van der Waals surface area contributed by atoms with E-state index in [-0.39, 0.29) is 5.78 Å². The van der Waals surface area contributed by atoms with Crippen LogP contribution >= 0.6 is 0 Å². The Morgan fingerprint density at radius 3 is 2.38 bits per heavy atom. The van der Waals surface area contributed by atoms with E-state index in [0.29, 0.717) is 17.7 Å². The first-order chi connectivity index (χ1) is 10.2. The molecule has 0 spiro atoms. The second kappa shape index (κ2) is 7.06. The monoisotopic (exact) mass is 277 g/mol. The largest absolute Gasteiger partial charge is 0.494 e. The summed E-state index contributed by atoms with van der Waals surface area (Å²) >= 11 is 0.